The maximum absolute atomic E-state index is 12.9. The SMILES string of the molecule is O=C(CCc1nc2ccccc2c(=O)[nH]1)N1CCC[C@H]1c1nc2ccccc2s1. The van der Waals surface area contributed by atoms with Crippen LogP contribution in [-0.2, 0) is 11.2 Å². The quantitative estimate of drug-likeness (QED) is 0.561. The number of benzene rings is 2. The summed E-state index contributed by atoms with van der Waals surface area (Å²) in [5, 5.41) is 1.58. The van der Waals surface area contributed by atoms with Gasteiger partial charge in [-0.05, 0) is 37.1 Å². The number of amides is 1. The largest absolute Gasteiger partial charge is 0.333 e. The minimum absolute atomic E-state index is 0.0449. The molecule has 0 spiro atoms. The molecule has 1 aliphatic rings. The summed E-state index contributed by atoms with van der Waals surface area (Å²) in [6.07, 6.45) is 2.67. The normalized spacial score (nSPS) is 16.7. The zero-order valence-corrected chi connectivity index (χ0v) is 16.6. The predicted molar refractivity (Wildman–Crippen MR) is 114 cm³/mol. The van der Waals surface area contributed by atoms with E-state index in [1.807, 2.05) is 41.3 Å². The van der Waals surface area contributed by atoms with E-state index >= 15 is 0 Å². The zero-order valence-electron chi connectivity index (χ0n) is 15.8. The minimum Gasteiger partial charge on any atom is -0.333 e. The number of fused-ring (bicyclic) bond motifs is 2. The van der Waals surface area contributed by atoms with Crippen LogP contribution in [0.2, 0.25) is 0 Å². The number of hydrogen-bond acceptors (Lipinski definition) is 5. The number of aryl methyl sites for hydroxylation is 1. The van der Waals surface area contributed by atoms with Crippen molar-refractivity contribution in [2.75, 3.05) is 6.54 Å². The number of carbonyl (C=O) groups is 1. The average molecular weight is 404 g/mol. The Labute approximate surface area is 171 Å². The van der Waals surface area contributed by atoms with Gasteiger partial charge in [0.1, 0.15) is 10.8 Å². The molecule has 0 unspecified atom stereocenters. The standard InChI is InChI=1S/C22H20N4O2S/c27-20(12-11-19-23-15-7-2-1-6-14(15)21(28)25-19)26-13-5-9-17(26)22-24-16-8-3-4-10-18(16)29-22/h1-4,6-8,10,17H,5,9,11-13H2,(H,23,25,28)/t17-/m0/s1. The van der Waals surface area contributed by atoms with Gasteiger partial charge in [-0.2, -0.15) is 0 Å². The summed E-state index contributed by atoms with van der Waals surface area (Å²) in [7, 11) is 0. The van der Waals surface area contributed by atoms with Gasteiger partial charge in [0.15, 0.2) is 0 Å². The van der Waals surface area contributed by atoms with Crippen LogP contribution in [0.1, 0.15) is 36.1 Å². The van der Waals surface area contributed by atoms with E-state index in [0.29, 0.717) is 29.6 Å². The van der Waals surface area contributed by atoms with Gasteiger partial charge in [-0.1, -0.05) is 24.3 Å². The molecule has 2 aromatic carbocycles. The Hall–Kier alpha value is -3.06. The van der Waals surface area contributed by atoms with Gasteiger partial charge in [-0.25, -0.2) is 9.97 Å². The first kappa shape index (κ1) is 18.0. The second-order valence-electron chi connectivity index (χ2n) is 7.29. The monoisotopic (exact) mass is 404 g/mol. The van der Waals surface area contributed by atoms with Crippen molar-refractivity contribution in [1.82, 2.24) is 19.9 Å². The molecule has 5 rings (SSSR count). The van der Waals surface area contributed by atoms with Gasteiger partial charge in [0, 0.05) is 19.4 Å². The smallest absolute Gasteiger partial charge is 0.258 e. The maximum Gasteiger partial charge on any atom is 0.258 e. The molecule has 29 heavy (non-hydrogen) atoms. The Balaban J connectivity index is 1.33. The van der Waals surface area contributed by atoms with E-state index in [-0.39, 0.29) is 17.5 Å². The fourth-order valence-corrected chi connectivity index (χ4v) is 5.09. The second-order valence-corrected chi connectivity index (χ2v) is 8.36. The molecular weight excluding hydrogens is 384 g/mol. The number of hydrogen-bond donors (Lipinski definition) is 1. The molecule has 2 aromatic heterocycles. The lowest BCUT2D eigenvalue weighted by atomic mass is 10.2. The lowest BCUT2D eigenvalue weighted by molar-refractivity contribution is -0.132. The Bertz CT molecular complexity index is 1230. The summed E-state index contributed by atoms with van der Waals surface area (Å²) in [6, 6.07) is 15.4. The molecule has 1 N–H and O–H groups in total. The topological polar surface area (TPSA) is 79.0 Å². The Morgan fingerprint density at radius 2 is 1.90 bits per heavy atom. The van der Waals surface area contributed by atoms with Crippen molar-refractivity contribution < 1.29 is 4.79 Å². The van der Waals surface area contributed by atoms with Crippen molar-refractivity contribution in [1.29, 1.82) is 0 Å². The van der Waals surface area contributed by atoms with Crippen LogP contribution in [0.5, 0.6) is 0 Å². The molecule has 3 heterocycles. The fourth-order valence-electron chi connectivity index (χ4n) is 3.98. The Morgan fingerprint density at radius 3 is 2.76 bits per heavy atom. The summed E-state index contributed by atoms with van der Waals surface area (Å²) in [6.45, 7) is 0.751. The fraction of sp³-hybridized carbons (Fsp3) is 0.273. The minimum atomic E-state index is -0.161. The summed E-state index contributed by atoms with van der Waals surface area (Å²) in [5.74, 6) is 0.639. The molecule has 1 saturated heterocycles. The van der Waals surface area contributed by atoms with E-state index in [1.54, 1.807) is 17.4 Å². The van der Waals surface area contributed by atoms with Gasteiger partial charge < -0.3 is 9.88 Å². The highest BCUT2D eigenvalue weighted by Gasteiger charge is 2.32. The van der Waals surface area contributed by atoms with Crippen molar-refractivity contribution in [3.63, 3.8) is 0 Å². The predicted octanol–water partition coefficient (Wildman–Crippen LogP) is 3.83. The Morgan fingerprint density at radius 1 is 1.10 bits per heavy atom. The summed E-state index contributed by atoms with van der Waals surface area (Å²) < 4.78 is 1.15. The van der Waals surface area contributed by atoms with Gasteiger partial charge in [-0.15, -0.1) is 11.3 Å². The van der Waals surface area contributed by atoms with E-state index in [2.05, 4.69) is 16.0 Å². The average Bonchev–Trinajstić information content (AvgIpc) is 3.38. The zero-order chi connectivity index (χ0) is 19.8. The third-order valence-electron chi connectivity index (χ3n) is 5.41. The number of nitrogens with one attached hydrogen (secondary N) is 1. The first-order chi connectivity index (χ1) is 14.2. The Kier molecular flexibility index (Phi) is 4.60. The van der Waals surface area contributed by atoms with E-state index in [9.17, 15) is 9.59 Å². The second kappa shape index (κ2) is 7.40. The van der Waals surface area contributed by atoms with Crippen molar-refractivity contribution in [2.45, 2.75) is 31.7 Å². The van der Waals surface area contributed by atoms with Crippen LogP contribution in [0.3, 0.4) is 0 Å². The van der Waals surface area contributed by atoms with E-state index in [4.69, 9.17) is 4.98 Å². The van der Waals surface area contributed by atoms with Crippen LogP contribution in [0.25, 0.3) is 21.1 Å². The third-order valence-corrected chi connectivity index (χ3v) is 6.54. The molecule has 1 amide bonds. The third kappa shape index (κ3) is 3.42. The first-order valence-corrected chi connectivity index (χ1v) is 10.6. The van der Waals surface area contributed by atoms with E-state index < -0.39 is 0 Å². The van der Waals surface area contributed by atoms with Crippen molar-refractivity contribution in [3.8, 4) is 0 Å². The van der Waals surface area contributed by atoms with Crippen LogP contribution in [0.15, 0.2) is 53.3 Å². The number of rotatable bonds is 4. The summed E-state index contributed by atoms with van der Waals surface area (Å²) >= 11 is 1.67. The summed E-state index contributed by atoms with van der Waals surface area (Å²) in [4.78, 5) is 39.2. The van der Waals surface area contributed by atoms with E-state index in [0.717, 1.165) is 34.6 Å². The number of nitrogens with zero attached hydrogens (tertiary/aromatic N) is 3. The highest BCUT2D eigenvalue weighted by Crippen LogP contribution is 2.36. The maximum atomic E-state index is 12.9. The molecule has 0 saturated carbocycles. The highest BCUT2D eigenvalue weighted by molar-refractivity contribution is 7.18. The number of likely N-dealkylation sites (tertiary alicyclic amines) is 1. The van der Waals surface area contributed by atoms with Crippen molar-refractivity contribution >= 4 is 38.4 Å². The molecular formula is C22H20N4O2S. The van der Waals surface area contributed by atoms with Crippen LogP contribution in [0, 0.1) is 0 Å². The molecule has 7 heteroatoms. The van der Waals surface area contributed by atoms with E-state index in [1.165, 1.54) is 0 Å². The highest BCUT2D eigenvalue weighted by atomic mass is 32.1. The van der Waals surface area contributed by atoms with Crippen molar-refractivity contribution in [2.24, 2.45) is 0 Å². The number of aromatic amines is 1. The molecule has 1 atom stereocenters. The molecule has 0 aliphatic carbocycles. The lowest BCUT2D eigenvalue weighted by Gasteiger charge is -2.23. The van der Waals surface area contributed by atoms with Gasteiger partial charge >= 0.3 is 0 Å². The van der Waals surface area contributed by atoms with Crippen LogP contribution in [-0.4, -0.2) is 32.3 Å². The summed E-state index contributed by atoms with van der Waals surface area (Å²) in [5.41, 5.74) is 1.49. The molecule has 146 valence electrons. The van der Waals surface area contributed by atoms with Gasteiger partial charge in [0.2, 0.25) is 5.91 Å². The van der Waals surface area contributed by atoms with Crippen molar-refractivity contribution in [3.05, 3.63) is 69.7 Å². The number of H-pyrrole nitrogens is 1. The molecule has 1 aliphatic heterocycles. The van der Waals surface area contributed by atoms with Crippen LogP contribution in [0.4, 0.5) is 0 Å². The van der Waals surface area contributed by atoms with Crippen LogP contribution >= 0.6 is 11.3 Å². The number of aromatic nitrogens is 3. The molecule has 1 fully saturated rings. The molecule has 4 aromatic rings. The first-order valence-electron chi connectivity index (χ1n) is 9.82. The number of para-hydroxylation sites is 2. The van der Waals surface area contributed by atoms with Gasteiger partial charge in [0.05, 0.1) is 27.2 Å². The molecule has 0 radical (unpaired) electrons. The van der Waals surface area contributed by atoms with Gasteiger partial charge in [-0.3, -0.25) is 9.59 Å². The molecule has 6 nitrogen and oxygen atoms in total. The van der Waals surface area contributed by atoms with Gasteiger partial charge in [0.25, 0.3) is 5.56 Å². The molecule has 0 bridgehead atoms. The number of carbonyl (C=O) groups excluding carboxylic acids is 1. The number of thiazole rings is 1. The van der Waals surface area contributed by atoms with Crippen LogP contribution < -0.4 is 5.56 Å². The lowest BCUT2D eigenvalue weighted by Crippen LogP contribution is -2.31.